The minimum Gasteiger partial charge on any atom is -0.352 e. The SMILES string of the molecule is Cc1ccccc1CNC(=O)[C@@]1(C)CCCNC1. The molecular formula is C15H22N2O. The van der Waals surface area contributed by atoms with Gasteiger partial charge in [0.25, 0.3) is 0 Å². The van der Waals surface area contributed by atoms with Gasteiger partial charge in [-0.05, 0) is 44.4 Å². The molecule has 1 saturated heterocycles. The fourth-order valence-electron chi connectivity index (χ4n) is 2.45. The minimum atomic E-state index is -0.249. The van der Waals surface area contributed by atoms with E-state index in [2.05, 4.69) is 29.7 Å². The van der Waals surface area contributed by atoms with E-state index in [-0.39, 0.29) is 11.3 Å². The first-order valence-electron chi connectivity index (χ1n) is 6.65. The number of hydrogen-bond acceptors (Lipinski definition) is 2. The van der Waals surface area contributed by atoms with Crippen LogP contribution in [0.15, 0.2) is 24.3 Å². The van der Waals surface area contributed by atoms with Gasteiger partial charge in [0.2, 0.25) is 5.91 Å². The van der Waals surface area contributed by atoms with Crippen molar-refractivity contribution in [3.63, 3.8) is 0 Å². The maximum Gasteiger partial charge on any atom is 0.227 e. The van der Waals surface area contributed by atoms with Crippen LogP contribution in [-0.2, 0) is 11.3 Å². The van der Waals surface area contributed by atoms with Crippen LogP contribution in [0.4, 0.5) is 0 Å². The summed E-state index contributed by atoms with van der Waals surface area (Å²) in [4.78, 5) is 12.3. The summed E-state index contributed by atoms with van der Waals surface area (Å²) in [5.74, 6) is 0.165. The molecule has 3 nitrogen and oxygen atoms in total. The topological polar surface area (TPSA) is 41.1 Å². The second-order valence-corrected chi connectivity index (χ2v) is 5.45. The van der Waals surface area contributed by atoms with Crippen LogP contribution in [-0.4, -0.2) is 19.0 Å². The van der Waals surface area contributed by atoms with Crippen LogP contribution >= 0.6 is 0 Å². The lowest BCUT2D eigenvalue weighted by Gasteiger charge is -2.32. The molecule has 1 heterocycles. The summed E-state index contributed by atoms with van der Waals surface area (Å²) in [6.45, 7) is 6.56. The number of benzene rings is 1. The van der Waals surface area contributed by atoms with Gasteiger partial charge < -0.3 is 10.6 Å². The maximum absolute atomic E-state index is 12.3. The van der Waals surface area contributed by atoms with E-state index in [0.717, 1.165) is 25.9 Å². The van der Waals surface area contributed by atoms with Crippen molar-refractivity contribution >= 4 is 5.91 Å². The molecule has 0 bridgehead atoms. The molecular weight excluding hydrogens is 224 g/mol. The van der Waals surface area contributed by atoms with Gasteiger partial charge in [-0.15, -0.1) is 0 Å². The van der Waals surface area contributed by atoms with Crippen molar-refractivity contribution < 1.29 is 4.79 Å². The molecule has 1 aliphatic heterocycles. The Bertz CT molecular complexity index is 422. The van der Waals surface area contributed by atoms with Gasteiger partial charge >= 0.3 is 0 Å². The van der Waals surface area contributed by atoms with E-state index < -0.39 is 0 Å². The highest BCUT2D eigenvalue weighted by Crippen LogP contribution is 2.25. The largest absolute Gasteiger partial charge is 0.352 e. The summed E-state index contributed by atoms with van der Waals surface area (Å²) in [5, 5.41) is 6.38. The summed E-state index contributed by atoms with van der Waals surface area (Å²) in [7, 11) is 0. The highest BCUT2D eigenvalue weighted by atomic mass is 16.2. The van der Waals surface area contributed by atoms with Crippen LogP contribution < -0.4 is 10.6 Å². The molecule has 1 atom stereocenters. The molecule has 2 N–H and O–H groups in total. The lowest BCUT2D eigenvalue weighted by molar-refractivity contribution is -0.131. The molecule has 98 valence electrons. The van der Waals surface area contributed by atoms with E-state index in [4.69, 9.17) is 0 Å². The van der Waals surface area contributed by atoms with Gasteiger partial charge in [0.1, 0.15) is 0 Å². The third-order valence-electron chi connectivity index (χ3n) is 3.85. The monoisotopic (exact) mass is 246 g/mol. The molecule has 3 heteroatoms. The summed E-state index contributed by atoms with van der Waals surface area (Å²) in [5.41, 5.74) is 2.17. The summed E-state index contributed by atoms with van der Waals surface area (Å²) >= 11 is 0. The minimum absolute atomic E-state index is 0.165. The van der Waals surface area contributed by atoms with Crippen LogP contribution in [0.3, 0.4) is 0 Å². The zero-order valence-corrected chi connectivity index (χ0v) is 11.3. The van der Waals surface area contributed by atoms with Crippen LogP contribution in [0, 0.1) is 12.3 Å². The van der Waals surface area contributed by atoms with Crippen molar-refractivity contribution in [3.05, 3.63) is 35.4 Å². The van der Waals surface area contributed by atoms with Gasteiger partial charge in [-0.3, -0.25) is 4.79 Å². The predicted octanol–water partition coefficient (Wildman–Crippen LogP) is 2.00. The van der Waals surface area contributed by atoms with E-state index in [1.165, 1.54) is 11.1 Å². The Balaban J connectivity index is 1.94. The Labute approximate surface area is 109 Å². The second kappa shape index (κ2) is 5.53. The van der Waals surface area contributed by atoms with Gasteiger partial charge in [0.05, 0.1) is 5.41 Å². The highest BCUT2D eigenvalue weighted by molar-refractivity contribution is 5.82. The third kappa shape index (κ3) is 2.91. The molecule has 0 unspecified atom stereocenters. The van der Waals surface area contributed by atoms with E-state index >= 15 is 0 Å². The molecule has 2 rings (SSSR count). The van der Waals surface area contributed by atoms with E-state index in [9.17, 15) is 4.79 Å². The Morgan fingerprint density at radius 1 is 1.44 bits per heavy atom. The summed E-state index contributed by atoms with van der Waals surface area (Å²) in [6.07, 6.45) is 2.05. The number of nitrogens with one attached hydrogen (secondary N) is 2. The number of hydrogen-bond donors (Lipinski definition) is 2. The Morgan fingerprint density at radius 3 is 2.89 bits per heavy atom. The number of piperidine rings is 1. The van der Waals surface area contributed by atoms with Gasteiger partial charge in [-0.1, -0.05) is 24.3 Å². The normalized spacial score (nSPS) is 23.7. The number of carbonyl (C=O) groups is 1. The van der Waals surface area contributed by atoms with Crippen LogP contribution in [0.25, 0.3) is 0 Å². The molecule has 1 amide bonds. The Kier molecular flexibility index (Phi) is 4.02. The number of carbonyl (C=O) groups excluding carboxylic acids is 1. The average Bonchev–Trinajstić information content (AvgIpc) is 2.38. The smallest absolute Gasteiger partial charge is 0.227 e. The van der Waals surface area contributed by atoms with Crippen molar-refractivity contribution in [2.75, 3.05) is 13.1 Å². The van der Waals surface area contributed by atoms with Crippen LogP contribution in [0.1, 0.15) is 30.9 Å². The van der Waals surface area contributed by atoms with E-state index in [0.29, 0.717) is 6.54 Å². The number of aryl methyl sites for hydroxylation is 1. The molecule has 1 aromatic carbocycles. The highest BCUT2D eigenvalue weighted by Gasteiger charge is 2.34. The van der Waals surface area contributed by atoms with Crippen molar-refractivity contribution in [2.24, 2.45) is 5.41 Å². The fourth-order valence-corrected chi connectivity index (χ4v) is 2.45. The van der Waals surface area contributed by atoms with Gasteiger partial charge in [0.15, 0.2) is 0 Å². The molecule has 1 aromatic rings. The van der Waals surface area contributed by atoms with Crippen molar-refractivity contribution in [1.82, 2.24) is 10.6 Å². The molecule has 0 spiro atoms. The van der Waals surface area contributed by atoms with Crippen molar-refractivity contribution in [1.29, 1.82) is 0 Å². The van der Waals surface area contributed by atoms with Crippen molar-refractivity contribution in [3.8, 4) is 0 Å². The first-order valence-corrected chi connectivity index (χ1v) is 6.65. The molecule has 18 heavy (non-hydrogen) atoms. The second-order valence-electron chi connectivity index (χ2n) is 5.45. The lowest BCUT2D eigenvalue weighted by atomic mass is 9.82. The molecule has 1 aliphatic rings. The first kappa shape index (κ1) is 13.1. The molecule has 0 saturated carbocycles. The van der Waals surface area contributed by atoms with E-state index in [1.54, 1.807) is 0 Å². The summed E-state index contributed by atoms with van der Waals surface area (Å²) in [6, 6.07) is 8.17. The Morgan fingerprint density at radius 2 is 2.22 bits per heavy atom. The zero-order chi connectivity index (χ0) is 13.0. The van der Waals surface area contributed by atoms with Crippen LogP contribution in [0.2, 0.25) is 0 Å². The average molecular weight is 246 g/mol. The standard InChI is InChI=1S/C15H22N2O/c1-12-6-3-4-7-13(12)10-17-14(18)15(2)8-5-9-16-11-15/h3-4,6-7,16H,5,8-11H2,1-2H3,(H,17,18)/t15-/m0/s1. The first-order chi connectivity index (χ1) is 8.62. The molecule has 0 radical (unpaired) electrons. The van der Waals surface area contributed by atoms with Crippen LogP contribution in [0.5, 0.6) is 0 Å². The Hall–Kier alpha value is -1.35. The van der Waals surface area contributed by atoms with Gasteiger partial charge in [-0.25, -0.2) is 0 Å². The van der Waals surface area contributed by atoms with Gasteiger partial charge in [-0.2, -0.15) is 0 Å². The quantitative estimate of drug-likeness (QED) is 0.856. The number of amides is 1. The summed E-state index contributed by atoms with van der Waals surface area (Å²) < 4.78 is 0. The number of rotatable bonds is 3. The fraction of sp³-hybridized carbons (Fsp3) is 0.533. The lowest BCUT2D eigenvalue weighted by Crippen LogP contribution is -2.48. The van der Waals surface area contributed by atoms with Crippen molar-refractivity contribution in [2.45, 2.75) is 33.2 Å². The third-order valence-corrected chi connectivity index (χ3v) is 3.85. The molecule has 0 aromatic heterocycles. The molecule has 1 fully saturated rings. The zero-order valence-electron chi connectivity index (χ0n) is 11.3. The van der Waals surface area contributed by atoms with Gasteiger partial charge in [0, 0.05) is 13.1 Å². The molecule has 0 aliphatic carbocycles. The van der Waals surface area contributed by atoms with E-state index in [1.807, 2.05) is 19.1 Å². The predicted molar refractivity (Wildman–Crippen MR) is 73.2 cm³/mol. The maximum atomic E-state index is 12.3.